The molecule has 0 spiro atoms. The monoisotopic (exact) mass is 209 g/mol. The van der Waals surface area contributed by atoms with Crippen LogP contribution in [-0.2, 0) is 11.2 Å². The molecule has 0 saturated carbocycles. The minimum Gasteiger partial charge on any atom is -0.342 e. The maximum absolute atomic E-state index is 11.6. The Morgan fingerprint density at radius 1 is 1.29 bits per heavy atom. The number of benzene rings is 1. The molecule has 1 aliphatic heterocycles. The average Bonchev–Trinajstić information content (AvgIpc) is 2.06. The minimum absolute atomic E-state index is 0.221. The summed E-state index contributed by atoms with van der Waals surface area (Å²) in [4.78, 5) is 13.5. The van der Waals surface area contributed by atoms with Crippen LogP contribution in [0.5, 0.6) is 0 Å². The lowest BCUT2D eigenvalue weighted by Crippen LogP contribution is -2.42. The van der Waals surface area contributed by atoms with E-state index in [1.54, 1.807) is 0 Å². The third-order valence-corrected chi connectivity index (χ3v) is 2.73. The number of carbonyl (C=O) groups is 1. The maximum atomic E-state index is 11.6. The molecule has 1 heterocycles. The summed E-state index contributed by atoms with van der Waals surface area (Å²) in [5.41, 5.74) is 1.03. The van der Waals surface area contributed by atoms with Gasteiger partial charge >= 0.3 is 0 Å². The Hall–Kier alpha value is -1.02. The normalized spacial score (nSPS) is 15.1. The molecule has 74 valence electrons. The number of hydrogen-bond acceptors (Lipinski definition) is 1. The van der Waals surface area contributed by atoms with Gasteiger partial charge in [-0.15, -0.1) is 0 Å². The van der Waals surface area contributed by atoms with Crippen molar-refractivity contribution in [2.75, 3.05) is 13.1 Å². The molecule has 0 aliphatic carbocycles. The Balaban J connectivity index is 1.96. The van der Waals surface area contributed by atoms with Gasteiger partial charge in [0.25, 0.3) is 0 Å². The first-order valence-corrected chi connectivity index (χ1v) is 5.16. The van der Waals surface area contributed by atoms with Crippen molar-refractivity contribution in [1.82, 2.24) is 4.90 Å². The number of hydrogen-bond donors (Lipinski definition) is 0. The number of carbonyl (C=O) groups excluding carboxylic acids is 1. The molecule has 1 aromatic carbocycles. The van der Waals surface area contributed by atoms with E-state index in [4.69, 9.17) is 11.6 Å². The zero-order chi connectivity index (χ0) is 9.97. The highest BCUT2D eigenvalue weighted by atomic mass is 35.5. The molecule has 0 unspecified atom stereocenters. The SMILES string of the molecule is O=C(Cc1ccc(Cl)cc1)N1CCC1. The van der Waals surface area contributed by atoms with Crippen molar-refractivity contribution in [1.29, 1.82) is 0 Å². The molecule has 3 heteroatoms. The van der Waals surface area contributed by atoms with Gasteiger partial charge in [-0.05, 0) is 24.1 Å². The smallest absolute Gasteiger partial charge is 0.226 e. The summed E-state index contributed by atoms with van der Waals surface area (Å²) in [6.45, 7) is 1.85. The van der Waals surface area contributed by atoms with Crippen molar-refractivity contribution in [2.24, 2.45) is 0 Å². The summed E-state index contributed by atoms with van der Waals surface area (Å²) in [5.74, 6) is 0.221. The summed E-state index contributed by atoms with van der Waals surface area (Å²) in [5, 5.41) is 0.713. The molecular formula is C11H12ClNO. The summed E-state index contributed by atoms with van der Waals surface area (Å²) in [6.07, 6.45) is 1.64. The van der Waals surface area contributed by atoms with E-state index in [-0.39, 0.29) is 5.91 Å². The lowest BCUT2D eigenvalue weighted by molar-refractivity contribution is -0.133. The standard InChI is InChI=1S/C11H12ClNO/c12-10-4-2-9(3-5-10)8-11(14)13-6-1-7-13/h2-5H,1,6-8H2. The maximum Gasteiger partial charge on any atom is 0.226 e. The summed E-state index contributed by atoms with van der Waals surface area (Å²) >= 11 is 5.75. The molecule has 2 nitrogen and oxygen atoms in total. The lowest BCUT2D eigenvalue weighted by Gasteiger charge is -2.30. The topological polar surface area (TPSA) is 20.3 Å². The first kappa shape index (κ1) is 9.53. The van der Waals surface area contributed by atoms with Gasteiger partial charge in [0.2, 0.25) is 5.91 Å². The van der Waals surface area contributed by atoms with E-state index in [9.17, 15) is 4.79 Å². The summed E-state index contributed by atoms with van der Waals surface area (Å²) in [7, 11) is 0. The number of rotatable bonds is 2. The second-order valence-corrected chi connectivity index (χ2v) is 3.97. The van der Waals surface area contributed by atoms with E-state index in [0.29, 0.717) is 11.4 Å². The number of nitrogens with zero attached hydrogens (tertiary/aromatic N) is 1. The Morgan fingerprint density at radius 2 is 1.93 bits per heavy atom. The highest BCUT2D eigenvalue weighted by molar-refractivity contribution is 6.30. The van der Waals surface area contributed by atoms with E-state index in [2.05, 4.69) is 0 Å². The summed E-state index contributed by atoms with van der Waals surface area (Å²) in [6, 6.07) is 7.45. The quantitative estimate of drug-likeness (QED) is 0.731. The molecule has 0 N–H and O–H groups in total. The molecule has 2 rings (SSSR count). The van der Waals surface area contributed by atoms with Crippen LogP contribution in [-0.4, -0.2) is 23.9 Å². The lowest BCUT2D eigenvalue weighted by atomic mass is 10.1. The van der Waals surface area contributed by atoms with Crippen LogP contribution in [0, 0.1) is 0 Å². The van der Waals surface area contributed by atoms with Crippen LogP contribution >= 0.6 is 11.6 Å². The van der Waals surface area contributed by atoms with Crippen LogP contribution in [0.1, 0.15) is 12.0 Å². The molecule has 1 amide bonds. The molecule has 1 aromatic rings. The van der Waals surface area contributed by atoms with Crippen molar-refractivity contribution in [3.8, 4) is 0 Å². The fourth-order valence-corrected chi connectivity index (χ4v) is 1.58. The van der Waals surface area contributed by atoms with Crippen LogP contribution in [0.4, 0.5) is 0 Å². The molecule has 0 radical (unpaired) electrons. The second kappa shape index (κ2) is 4.01. The van der Waals surface area contributed by atoms with Gasteiger partial charge < -0.3 is 4.90 Å². The second-order valence-electron chi connectivity index (χ2n) is 3.54. The predicted molar refractivity (Wildman–Crippen MR) is 56.4 cm³/mol. The Bertz CT molecular complexity index is 330. The van der Waals surface area contributed by atoms with Crippen molar-refractivity contribution >= 4 is 17.5 Å². The highest BCUT2D eigenvalue weighted by Crippen LogP contribution is 2.13. The number of halogens is 1. The van der Waals surface area contributed by atoms with Crippen LogP contribution in [0.25, 0.3) is 0 Å². The van der Waals surface area contributed by atoms with E-state index < -0.39 is 0 Å². The number of amides is 1. The van der Waals surface area contributed by atoms with E-state index in [0.717, 1.165) is 25.1 Å². The molecule has 1 aliphatic rings. The van der Waals surface area contributed by atoms with E-state index in [1.807, 2.05) is 29.2 Å². The molecule has 0 atom stereocenters. The van der Waals surface area contributed by atoms with Gasteiger partial charge in [-0.3, -0.25) is 4.79 Å². The van der Waals surface area contributed by atoms with Crippen LogP contribution in [0.2, 0.25) is 5.02 Å². The Morgan fingerprint density at radius 3 is 2.43 bits per heavy atom. The van der Waals surface area contributed by atoms with Gasteiger partial charge in [0.05, 0.1) is 6.42 Å². The van der Waals surface area contributed by atoms with Crippen molar-refractivity contribution < 1.29 is 4.79 Å². The summed E-state index contributed by atoms with van der Waals surface area (Å²) < 4.78 is 0. The Kier molecular flexibility index (Phi) is 2.73. The van der Waals surface area contributed by atoms with E-state index in [1.165, 1.54) is 0 Å². The third kappa shape index (κ3) is 2.07. The van der Waals surface area contributed by atoms with Crippen molar-refractivity contribution in [3.05, 3.63) is 34.9 Å². The molecule has 0 bridgehead atoms. The first-order chi connectivity index (χ1) is 6.75. The molecule has 1 saturated heterocycles. The largest absolute Gasteiger partial charge is 0.342 e. The van der Waals surface area contributed by atoms with Gasteiger partial charge in [0.15, 0.2) is 0 Å². The molecule has 14 heavy (non-hydrogen) atoms. The fraction of sp³-hybridized carbons (Fsp3) is 0.364. The highest BCUT2D eigenvalue weighted by Gasteiger charge is 2.19. The molecular weight excluding hydrogens is 198 g/mol. The first-order valence-electron chi connectivity index (χ1n) is 4.78. The van der Waals surface area contributed by atoms with Crippen molar-refractivity contribution in [2.45, 2.75) is 12.8 Å². The van der Waals surface area contributed by atoms with Crippen LogP contribution in [0.3, 0.4) is 0 Å². The zero-order valence-electron chi connectivity index (χ0n) is 7.87. The molecule has 1 fully saturated rings. The van der Waals surface area contributed by atoms with Gasteiger partial charge in [-0.2, -0.15) is 0 Å². The van der Waals surface area contributed by atoms with Gasteiger partial charge in [0, 0.05) is 18.1 Å². The fourth-order valence-electron chi connectivity index (χ4n) is 1.45. The third-order valence-electron chi connectivity index (χ3n) is 2.48. The van der Waals surface area contributed by atoms with Crippen LogP contribution in [0.15, 0.2) is 24.3 Å². The Labute approximate surface area is 88.5 Å². The predicted octanol–water partition coefficient (Wildman–Crippen LogP) is 2.11. The van der Waals surface area contributed by atoms with Crippen LogP contribution < -0.4 is 0 Å². The van der Waals surface area contributed by atoms with Gasteiger partial charge in [-0.25, -0.2) is 0 Å². The average molecular weight is 210 g/mol. The molecule has 0 aromatic heterocycles. The zero-order valence-corrected chi connectivity index (χ0v) is 8.63. The van der Waals surface area contributed by atoms with Crippen molar-refractivity contribution in [3.63, 3.8) is 0 Å². The van der Waals surface area contributed by atoms with Gasteiger partial charge in [0.1, 0.15) is 0 Å². The van der Waals surface area contributed by atoms with Gasteiger partial charge in [-0.1, -0.05) is 23.7 Å². The minimum atomic E-state index is 0.221. The van der Waals surface area contributed by atoms with E-state index >= 15 is 0 Å². The number of likely N-dealkylation sites (tertiary alicyclic amines) is 1.